The largest absolute Gasteiger partial charge is 0.490 e. The number of aryl methyl sites for hydroxylation is 2. The summed E-state index contributed by atoms with van der Waals surface area (Å²) < 4.78 is 6.10. The first-order valence-electron chi connectivity index (χ1n) is 9.56. The van der Waals surface area contributed by atoms with Crippen molar-refractivity contribution in [3.05, 3.63) is 59.2 Å². The Labute approximate surface area is 167 Å². The summed E-state index contributed by atoms with van der Waals surface area (Å²) in [6, 6.07) is 14.5. The molecular weight excluding hydrogens is 354 g/mol. The van der Waals surface area contributed by atoms with Gasteiger partial charge < -0.3 is 20.3 Å². The van der Waals surface area contributed by atoms with Crippen LogP contribution >= 0.6 is 12.2 Å². The molecule has 4 nitrogen and oxygen atoms in total. The van der Waals surface area contributed by atoms with Gasteiger partial charge in [0.15, 0.2) is 5.11 Å². The number of nitrogens with zero attached hydrogens (tertiary/aromatic N) is 1. The predicted molar refractivity (Wildman–Crippen MR) is 117 cm³/mol. The molecule has 0 saturated carbocycles. The Bertz CT molecular complexity index is 768. The molecule has 1 fully saturated rings. The normalized spacial score (nSPS) is 15.4. The minimum absolute atomic E-state index is 0.333. The van der Waals surface area contributed by atoms with E-state index in [-0.39, 0.29) is 0 Å². The van der Waals surface area contributed by atoms with Gasteiger partial charge in [0.1, 0.15) is 11.9 Å². The fraction of sp³-hybridized carbons (Fsp3) is 0.409. The summed E-state index contributed by atoms with van der Waals surface area (Å²) in [5, 5.41) is 7.13. The Morgan fingerprint density at radius 3 is 2.44 bits per heavy atom. The zero-order valence-corrected chi connectivity index (χ0v) is 17.2. The number of hydrogen-bond donors (Lipinski definition) is 2. The minimum Gasteiger partial charge on any atom is -0.490 e. The summed E-state index contributed by atoms with van der Waals surface area (Å²) in [4.78, 5) is 2.35. The molecule has 3 rings (SSSR count). The molecular formula is C22H29N3OS. The standard InChI is InChI=1S/C22H29N3OS/c1-16-4-7-19(14-17(16)2)24-22(27)23-15-18-5-8-20(9-6-18)26-21-10-12-25(3)13-11-21/h4-9,14,21H,10-13,15H2,1-3H3,(H2,23,24,27). The van der Waals surface area contributed by atoms with Crippen LogP contribution in [0.3, 0.4) is 0 Å². The summed E-state index contributed by atoms with van der Waals surface area (Å²) >= 11 is 5.40. The Kier molecular flexibility index (Phi) is 6.69. The van der Waals surface area contributed by atoms with E-state index in [9.17, 15) is 0 Å². The summed E-state index contributed by atoms with van der Waals surface area (Å²) in [5.74, 6) is 0.948. The third-order valence-corrected chi connectivity index (χ3v) is 5.36. The Morgan fingerprint density at radius 2 is 1.78 bits per heavy atom. The molecule has 1 heterocycles. The maximum absolute atomic E-state index is 6.10. The van der Waals surface area contributed by atoms with Crippen molar-refractivity contribution in [2.45, 2.75) is 39.3 Å². The SMILES string of the molecule is Cc1ccc(NC(=S)NCc2ccc(OC3CCN(C)CC3)cc2)cc1C. The zero-order chi connectivity index (χ0) is 19.2. The van der Waals surface area contributed by atoms with Gasteiger partial charge in [-0.1, -0.05) is 18.2 Å². The van der Waals surface area contributed by atoms with Gasteiger partial charge in [-0.2, -0.15) is 0 Å². The lowest BCUT2D eigenvalue weighted by Gasteiger charge is -2.29. The van der Waals surface area contributed by atoms with Crippen LogP contribution in [0.15, 0.2) is 42.5 Å². The van der Waals surface area contributed by atoms with Crippen LogP contribution in [0.25, 0.3) is 0 Å². The summed E-state index contributed by atoms with van der Waals surface area (Å²) in [5.41, 5.74) is 4.72. The first kappa shape index (κ1) is 19.6. The topological polar surface area (TPSA) is 36.5 Å². The number of nitrogens with one attached hydrogen (secondary N) is 2. The molecule has 2 aromatic rings. The number of rotatable bonds is 5. The molecule has 0 aliphatic carbocycles. The summed E-state index contributed by atoms with van der Waals surface area (Å²) in [6.07, 6.45) is 2.52. The van der Waals surface area contributed by atoms with E-state index >= 15 is 0 Å². The molecule has 0 unspecified atom stereocenters. The van der Waals surface area contributed by atoms with Crippen molar-refractivity contribution in [2.75, 3.05) is 25.5 Å². The molecule has 2 aromatic carbocycles. The van der Waals surface area contributed by atoms with Gasteiger partial charge in [0.25, 0.3) is 0 Å². The molecule has 5 heteroatoms. The number of likely N-dealkylation sites (tertiary alicyclic amines) is 1. The van der Waals surface area contributed by atoms with Crippen LogP contribution in [0.5, 0.6) is 5.75 Å². The second kappa shape index (κ2) is 9.20. The number of ether oxygens (including phenoxy) is 1. The van der Waals surface area contributed by atoms with Gasteiger partial charge in [0.05, 0.1) is 0 Å². The van der Waals surface area contributed by atoms with E-state index in [1.807, 2.05) is 6.07 Å². The molecule has 144 valence electrons. The summed E-state index contributed by atoms with van der Waals surface area (Å²) in [6.45, 7) is 7.11. The highest BCUT2D eigenvalue weighted by molar-refractivity contribution is 7.80. The monoisotopic (exact) mass is 383 g/mol. The van der Waals surface area contributed by atoms with Gasteiger partial charge in [-0.15, -0.1) is 0 Å². The second-order valence-electron chi connectivity index (χ2n) is 7.37. The van der Waals surface area contributed by atoms with Gasteiger partial charge >= 0.3 is 0 Å². The maximum Gasteiger partial charge on any atom is 0.171 e. The second-order valence-corrected chi connectivity index (χ2v) is 7.78. The van der Waals surface area contributed by atoms with Crippen molar-refractivity contribution in [3.8, 4) is 5.75 Å². The smallest absolute Gasteiger partial charge is 0.171 e. The lowest BCUT2D eigenvalue weighted by Crippen LogP contribution is -2.35. The van der Waals surface area contributed by atoms with Crippen LogP contribution in [-0.4, -0.2) is 36.3 Å². The van der Waals surface area contributed by atoms with E-state index in [0.29, 0.717) is 17.8 Å². The fourth-order valence-electron chi connectivity index (χ4n) is 3.16. The lowest BCUT2D eigenvalue weighted by atomic mass is 10.1. The molecule has 0 bridgehead atoms. The van der Waals surface area contributed by atoms with Crippen molar-refractivity contribution in [1.29, 1.82) is 0 Å². The number of benzene rings is 2. The van der Waals surface area contributed by atoms with Gasteiger partial charge in [0.2, 0.25) is 0 Å². The van der Waals surface area contributed by atoms with Crippen molar-refractivity contribution in [2.24, 2.45) is 0 Å². The Balaban J connectivity index is 1.45. The molecule has 2 N–H and O–H groups in total. The number of hydrogen-bond acceptors (Lipinski definition) is 3. The number of thiocarbonyl (C=S) groups is 1. The minimum atomic E-state index is 0.333. The highest BCUT2D eigenvalue weighted by Gasteiger charge is 2.17. The van der Waals surface area contributed by atoms with Crippen LogP contribution < -0.4 is 15.4 Å². The van der Waals surface area contributed by atoms with Crippen molar-refractivity contribution in [1.82, 2.24) is 10.2 Å². The average molecular weight is 384 g/mol. The molecule has 1 aliphatic heterocycles. The molecule has 27 heavy (non-hydrogen) atoms. The third kappa shape index (κ3) is 5.94. The van der Waals surface area contributed by atoms with E-state index in [4.69, 9.17) is 17.0 Å². The lowest BCUT2D eigenvalue weighted by molar-refractivity contribution is 0.114. The van der Waals surface area contributed by atoms with E-state index in [2.05, 4.69) is 72.8 Å². The first-order chi connectivity index (χ1) is 13.0. The quantitative estimate of drug-likeness (QED) is 0.755. The number of piperidine rings is 1. The third-order valence-electron chi connectivity index (χ3n) is 5.11. The van der Waals surface area contributed by atoms with Gasteiger partial charge in [0, 0.05) is 25.3 Å². The van der Waals surface area contributed by atoms with E-state index < -0.39 is 0 Å². The van der Waals surface area contributed by atoms with Crippen molar-refractivity contribution in [3.63, 3.8) is 0 Å². The van der Waals surface area contributed by atoms with Gasteiger partial charge in [-0.05, 0) is 86.9 Å². The van der Waals surface area contributed by atoms with E-state index in [1.54, 1.807) is 0 Å². The van der Waals surface area contributed by atoms with Gasteiger partial charge in [-0.25, -0.2) is 0 Å². The van der Waals surface area contributed by atoms with Crippen molar-refractivity contribution >= 4 is 23.0 Å². The highest BCUT2D eigenvalue weighted by Crippen LogP contribution is 2.19. The molecule has 0 aromatic heterocycles. The number of anilines is 1. The van der Waals surface area contributed by atoms with Crippen LogP contribution in [-0.2, 0) is 6.54 Å². The molecule has 0 radical (unpaired) electrons. The first-order valence-corrected chi connectivity index (χ1v) is 9.96. The van der Waals surface area contributed by atoms with Crippen LogP contribution in [0.1, 0.15) is 29.5 Å². The van der Waals surface area contributed by atoms with Crippen LogP contribution in [0.4, 0.5) is 5.69 Å². The molecule has 1 aliphatic rings. The molecule has 1 saturated heterocycles. The fourth-order valence-corrected chi connectivity index (χ4v) is 3.35. The van der Waals surface area contributed by atoms with Crippen molar-refractivity contribution < 1.29 is 4.74 Å². The average Bonchev–Trinajstić information content (AvgIpc) is 2.66. The van der Waals surface area contributed by atoms with Gasteiger partial charge in [-0.3, -0.25) is 0 Å². The van der Waals surface area contributed by atoms with E-state index in [0.717, 1.165) is 37.4 Å². The van der Waals surface area contributed by atoms with Crippen LogP contribution in [0.2, 0.25) is 0 Å². The summed E-state index contributed by atoms with van der Waals surface area (Å²) in [7, 11) is 2.16. The molecule has 0 atom stereocenters. The molecule has 0 spiro atoms. The zero-order valence-electron chi connectivity index (χ0n) is 16.4. The van der Waals surface area contributed by atoms with Crippen LogP contribution in [0, 0.1) is 13.8 Å². The Hall–Kier alpha value is -2.11. The van der Waals surface area contributed by atoms with E-state index in [1.165, 1.54) is 16.7 Å². The Morgan fingerprint density at radius 1 is 1.07 bits per heavy atom. The predicted octanol–water partition coefficient (Wildman–Crippen LogP) is 4.26. The highest BCUT2D eigenvalue weighted by atomic mass is 32.1. The maximum atomic E-state index is 6.10. The molecule has 0 amide bonds.